The highest BCUT2D eigenvalue weighted by Gasteiger charge is 2.39. The normalized spacial score (nSPS) is 20.3. The molecule has 4 unspecified atom stereocenters. The van der Waals surface area contributed by atoms with Gasteiger partial charge in [-0.15, -0.1) is 0 Å². The van der Waals surface area contributed by atoms with Crippen molar-refractivity contribution in [2.45, 2.75) is 51.7 Å². The van der Waals surface area contributed by atoms with E-state index in [0.717, 1.165) is 0 Å². The molecule has 2 aliphatic rings. The van der Waals surface area contributed by atoms with E-state index in [0.29, 0.717) is 48.0 Å². The quantitative estimate of drug-likeness (QED) is 0.286. The van der Waals surface area contributed by atoms with Gasteiger partial charge in [0.1, 0.15) is 21.5 Å². The van der Waals surface area contributed by atoms with E-state index in [4.69, 9.17) is 55.9 Å². The van der Waals surface area contributed by atoms with E-state index in [2.05, 4.69) is 0 Å². The largest absolute Gasteiger partial charge is 0.478 e. The van der Waals surface area contributed by atoms with Crippen molar-refractivity contribution in [3.8, 4) is 11.5 Å². The summed E-state index contributed by atoms with van der Waals surface area (Å²) in [4.78, 5) is 48.5. The maximum atomic E-state index is 12.2. The lowest BCUT2D eigenvalue weighted by Gasteiger charge is -2.25. The van der Waals surface area contributed by atoms with Crippen molar-refractivity contribution in [2.24, 2.45) is 11.8 Å². The van der Waals surface area contributed by atoms with Gasteiger partial charge >= 0.3 is 11.9 Å². The van der Waals surface area contributed by atoms with Crippen molar-refractivity contribution in [3.05, 3.63) is 67.6 Å². The van der Waals surface area contributed by atoms with Gasteiger partial charge in [0.25, 0.3) is 0 Å². The lowest BCUT2D eigenvalue weighted by Crippen LogP contribution is -2.47. The number of rotatable bonds is 9. The molecule has 0 radical (unpaired) electrons. The molecular formula is C30H26Cl4O8. The Kier molecular flexibility index (Phi) is 9.93. The molecule has 4 rings (SSSR count). The van der Waals surface area contributed by atoms with Crippen LogP contribution in [0, 0.1) is 11.8 Å². The summed E-state index contributed by atoms with van der Waals surface area (Å²) in [6.45, 7) is 3.87. The number of ether oxygens (including phenoxy) is 2. The number of carbonyl (C=O) groups is 4. The topological polar surface area (TPSA) is 127 Å². The number of hydrogen-bond acceptors (Lipinski definition) is 6. The highest BCUT2D eigenvalue weighted by atomic mass is 35.5. The van der Waals surface area contributed by atoms with Crippen molar-refractivity contribution >= 4 is 81.1 Å². The molecule has 0 bridgehead atoms. The van der Waals surface area contributed by atoms with Crippen LogP contribution in [-0.2, 0) is 19.2 Å². The first-order valence-electron chi connectivity index (χ1n) is 13.0. The molecule has 8 nitrogen and oxygen atoms in total. The molecule has 0 aliphatic heterocycles. The molecule has 0 heterocycles. The maximum absolute atomic E-state index is 12.2. The van der Waals surface area contributed by atoms with Crippen LogP contribution in [0.1, 0.15) is 50.7 Å². The van der Waals surface area contributed by atoms with Gasteiger partial charge in [-0.3, -0.25) is 9.59 Å². The van der Waals surface area contributed by atoms with Gasteiger partial charge in [-0.1, -0.05) is 60.3 Å². The van der Waals surface area contributed by atoms with Crippen LogP contribution in [-0.4, -0.2) is 45.9 Å². The molecule has 222 valence electrons. The van der Waals surface area contributed by atoms with Crippen LogP contribution < -0.4 is 9.47 Å². The van der Waals surface area contributed by atoms with Gasteiger partial charge in [-0.05, 0) is 83.4 Å². The minimum Gasteiger partial charge on any atom is -0.478 e. The lowest BCUT2D eigenvalue weighted by atomic mass is 9.86. The monoisotopic (exact) mass is 654 g/mol. The number of hydrogen-bond donors (Lipinski definition) is 2. The van der Waals surface area contributed by atoms with Crippen LogP contribution in [0.4, 0.5) is 0 Å². The molecule has 12 heteroatoms. The van der Waals surface area contributed by atoms with Gasteiger partial charge < -0.3 is 19.7 Å². The molecule has 0 fully saturated rings. The first-order chi connectivity index (χ1) is 19.8. The minimum absolute atomic E-state index is 0.0227. The lowest BCUT2D eigenvalue weighted by molar-refractivity contribution is -0.161. The number of allylic oxidation sites excluding steroid dienone is 4. The zero-order valence-electron chi connectivity index (χ0n) is 22.5. The third kappa shape index (κ3) is 6.94. The Balaban J connectivity index is 1.62. The van der Waals surface area contributed by atoms with Crippen molar-refractivity contribution in [1.29, 1.82) is 0 Å². The number of ketones is 2. The second-order valence-electron chi connectivity index (χ2n) is 10.5. The fourth-order valence-corrected chi connectivity index (χ4v) is 6.05. The molecule has 0 saturated heterocycles. The summed E-state index contributed by atoms with van der Waals surface area (Å²) in [5.74, 6) is -3.61. The molecule has 4 atom stereocenters. The predicted molar refractivity (Wildman–Crippen MR) is 160 cm³/mol. The van der Waals surface area contributed by atoms with Gasteiger partial charge in [0.05, 0.1) is 10.0 Å². The Morgan fingerprint density at radius 3 is 1.33 bits per heavy atom. The average molecular weight is 656 g/mol. The van der Waals surface area contributed by atoms with Crippen molar-refractivity contribution in [3.63, 3.8) is 0 Å². The van der Waals surface area contributed by atoms with Crippen molar-refractivity contribution < 1.29 is 38.9 Å². The van der Waals surface area contributed by atoms with E-state index in [1.54, 1.807) is 0 Å². The standard InChI is InChI=1S/C30H26Cl4O8/c1-13-7-15(11-17(35)9-13)19-3-5-21(25(33)23(19)31)41-27(29(37)38)28(30(39)40)42-22-6-4-20(24(32)26(22)34)16-8-14(2)10-18(36)12-16/h3-6,11-14,27-28H,7-10H2,1-2H3,(H,37,38)(H,39,40). The van der Waals surface area contributed by atoms with Crippen LogP contribution in [0.5, 0.6) is 11.5 Å². The highest BCUT2D eigenvalue weighted by molar-refractivity contribution is 6.44. The van der Waals surface area contributed by atoms with E-state index in [1.807, 2.05) is 13.8 Å². The molecule has 0 aromatic heterocycles. The van der Waals surface area contributed by atoms with E-state index in [9.17, 15) is 29.4 Å². The van der Waals surface area contributed by atoms with Crippen LogP contribution >= 0.6 is 46.4 Å². The van der Waals surface area contributed by atoms with Gasteiger partial charge in [-0.2, -0.15) is 0 Å². The maximum Gasteiger partial charge on any atom is 0.349 e. The SMILES string of the molecule is CC1CC(=O)C=C(c2ccc(OC(C(=O)O)C(Oc3ccc(C4=CC(=O)CC(C)C4)c(Cl)c3Cl)C(=O)O)c(Cl)c2Cl)C1. The summed E-state index contributed by atoms with van der Waals surface area (Å²) in [6, 6.07) is 5.75. The summed E-state index contributed by atoms with van der Waals surface area (Å²) in [5, 5.41) is 19.5. The highest BCUT2D eigenvalue weighted by Crippen LogP contribution is 2.43. The Labute approximate surface area is 261 Å². The van der Waals surface area contributed by atoms with Gasteiger partial charge in [-0.25, -0.2) is 9.59 Å². The summed E-state index contributed by atoms with van der Waals surface area (Å²) >= 11 is 25.8. The molecule has 2 N–H and O–H groups in total. The average Bonchev–Trinajstić information content (AvgIpc) is 2.89. The second kappa shape index (κ2) is 13.1. The molecule has 42 heavy (non-hydrogen) atoms. The Bertz CT molecular complexity index is 1420. The summed E-state index contributed by atoms with van der Waals surface area (Å²) < 4.78 is 11.1. The van der Waals surface area contributed by atoms with Gasteiger partial charge in [0.15, 0.2) is 11.6 Å². The molecule has 2 aromatic carbocycles. The Hall–Kier alpha value is -3.04. The van der Waals surface area contributed by atoms with Crippen LogP contribution in [0.25, 0.3) is 11.1 Å². The Morgan fingerprint density at radius 2 is 1.02 bits per heavy atom. The summed E-state index contributed by atoms with van der Waals surface area (Å²) in [5.41, 5.74) is 2.32. The number of benzene rings is 2. The fraction of sp³-hybridized carbons (Fsp3) is 0.333. The Morgan fingerprint density at radius 1 is 0.667 bits per heavy atom. The van der Waals surface area contributed by atoms with E-state index >= 15 is 0 Å². The summed E-state index contributed by atoms with van der Waals surface area (Å²) in [6.07, 6.45) is 0.819. The molecular weight excluding hydrogens is 630 g/mol. The van der Waals surface area contributed by atoms with Crippen molar-refractivity contribution in [2.75, 3.05) is 0 Å². The third-order valence-electron chi connectivity index (χ3n) is 6.96. The van der Waals surface area contributed by atoms with Gasteiger partial charge in [0, 0.05) is 12.8 Å². The predicted octanol–water partition coefficient (Wildman–Crippen LogP) is 7.43. The van der Waals surface area contributed by atoms with E-state index in [1.165, 1.54) is 36.4 Å². The van der Waals surface area contributed by atoms with Crippen LogP contribution in [0.15, 0.2) is 36.4 Å². The molecule has 0 spiro atoms. The molecule has 0 amide bonds. The van der Waals surface area contributed by atoms with Crippen LogP contribution in [0.2, 0.25) is 20.1 Å². The fourth-order valence-electron chi connectivity index (χ4n) is 5.08. The minimum atomic E-state index is -2.09. The second-order valence-corrected chi connectivity index (χ2v) is 12.0. The van der Waals surface area contributed by atoms with Crippen LogP contribution in [0.3, 0.4) is 0 Å². The first kappa shape index (κ1) is 31.9. The summed E-state index contributed by atoms with van der Waals surface area (Å²) in [7, 11) is 0. The number of carboxylic acids is 2. The number of carbonyl (C=O) groups excluding carboxylic acids is 2. The molecule has 2 aromatic rings. The first-order valence-corrected chi connectivity index (χ1v) is 14.5. The smallest absolute Gasteiger partial charge is 0.349 e. The van der Waals surface area contributed by atoms with E-state index < -0.39 is 24.1 Å². The van der Waals surface area contributed by atoms with Gasteiger partial charge in [0.2, 0.25) is 12.2 Å². The zero-order valence-corrected chi connectivity index (χ0v) is 25.5. The van der Waals surface area contributed by atoms with Crippen molar-refractivity contribution in [1.82, 2.24) is 0 Å². The molecule has 2 aliphatic carbocycles. The number of carboxylic acid groups (broad SMARTS) is 2. The van der Waals surface area contributed by atoms with E-state index in [-0.39, 0.29) is 55.0 Å². The zero-order chi connectivity index (χ0) is 30.9. The third-order valence-corrected chi connectivity index (χ3v) is 8.69. The molecule has 0 saturated carbocycles. The number of halogens is 4. The number of aliphatic carboxylic acids is 2.